The molecule has 0 aliphatic rings. The Morgan fingerprint density at radius 3 is 2.64 bits per heavy atom. The Bertz CT molecular complexity index is 319. The van der Waals surface area contributed by atoms with Crippen molar-refractivity contribution in [3.05, 3.63) is 35.8 Å². The Morgan fingerprint density at radius 1 is 1.45 bits per heavy atom. The third kappa shape index (κ3) is 3.10. The third-order valence-corrected chi connectivity index (χ3v) is 1.50. The summed E-state index contributed by atoms with van der Waals surface area (Å²) in [6.45, 7) is 0. The molecule has 1 rings (SSSR count). The number of pyridine rings is 1. The molecule has 0 bridgehead atoms. The molecule has 0 aliphatic carbocycles. The van der Waals surface area contributed by atoms with E-state index in [1.807, 2.05) is 0 Å². The molecule has 0 saturated heterocycles. The van der Waals surface area contributed by atoms with Gasteiger partial charge in [-0.1, -0.05) is 6.07 Å². The van der Waals surface area contributed by atoms with E-state index in [0.717, 1.165) is 0 Å². The number of hydrogen-bond donors (Lipinski definition) is 1. The van der Waals surface area contributed by atoms with E-state index < -0.39 is 10.1 Å². The summed E-state index contributed by atoms with van der Waals surface area (Å²) in [5.41, 5.74) is 0.218. The van der Waals surface area contributed by atoms with Crippen molar-refractivity contribution in [3.63, 3.8) is 0 Å². The first-order valence-electron chi connectivity index (χ1n) is 2.81. The first-order chi connectivity index (χ1) is 5.08. The standard InChI is InChI=1S/C6H6NO3S/c8-11(9,10)5-6-3-1-2-4-7-6/h1-5H,(H,8,9,10). The Balaban J connectivity index is 2.82. The van der Waals surface area contributed by atoms with Crippen LogP contribution < -0.4 is 0 Å². The molecule has 4 nitrogen and oxygen atoms in total. The average molecular weight is 172 g/mol. The second-order valence-corrected chi connectivity index (χ2v) is 3.15. The van der Waals surface area contributed by atoms with Crippen LogP contribution in [0.2, 0.25) is 0 Å². The number of nitrogens with zero attached hydrogens (tertiary/aromatic N) is 1. The van der Waals surface area contributed by atoms with Gasteiger partial charge in [0.1, 0.15) is 0 Å². The smallest absolute Gasteiger partial charge is 0.275 e. The van der Waals surface area contributed by atoms with Crippen LogP contribution in [-0.2, 0) is 10.1 Å². The number of hydrogen-bond acceptors (Lipinski definition) is 3. The molecule has 11 heavy (non-hydrogen) atoms. The summed E-state index contributed by atoms with van der Waals surface area (Å²) >= 11 is 0. The molecule has 0 aliphatic heterocycles. The maximum absolute atomic E-state index is 10.3. The lowest BCUT2D eigenvalue weighted by molar-refractivity contribution is 0.491. The first-order valence-corrected chi connectivity index (χ1v) is 4.31. The molecule has 59 valence electrons. The molecule has 0 unspecified atom stereocenters. The monoisotopic (exact) mass is 172 g/mol. The first kappa shape index (κ1) is 8.16. The van der Waals surface area contributed by atoms with Crippen LogP contribution in [0.3, 0.4) is 0 Å². The Hall–Kier alpha value is -0.940. The fourth-order valence-corrected chi connectivity index (χ4v) is 1.04. The summed E-state index contributed by atoms with van der Waals surface area (Å²) in [6, 6.07) is 4.76. The van der Waals surface area contributed by atoms with Gasteiger partial charge >= 0.3 is 0 Å². The molecular formula is C6H6NO3S. The highest BCUT2D eigenvalue weighted by Crippen LogP contribution is 2.01. The minimum atomic E-state index is -4.06. The third-order valence-electron chi connectivity index (χ3n) is 0.957. The summed E-state index contributed by atoms with van der Waals surface area (Å²) in [4.78, 5) is 3.67. The van der Waals surface area contributed by atoms with E-state index in [9.17, 15) is 8.42 Å². The molecule has 0 aromatic carbocycles. The van der Waals surface area contributed by atoms with Crippen molar-refractivity contribution >= 4 is 10.1 Å². The highest BCUT2D eigenvalue weighted by molar-refractivity contribution is 7.88. The van der Waals surface area contributed by atoms with Crippen molar-refractivity contribution in [1.29, 1.82) is 0 Å². The summed E-state index contributed by atoms with van der Waals surface area (Å²) < 4.78 is 28.9. The fourth-order valence-electron chi connectivity index (χ4n) is 0.598. The summed E-state index contributed by atoms with van der Waals surface area (Å²) in [5, 5.41) is 0. The molecule has 0 amide bonds. The minimum Gasteiger partial charge on any atom is -0.285 e. The zero-order valence-corrected chi connectivity index (χ0v) is 6.32. The van der Waals surface area contributed by atoms with E-state index in [1.165, 1.54) is 12.3 Å². The van der Waals surface area contributed by atoms with Gasteiger partial charge in [0.2, 0.25) is 0 Å². The molecule has 1 aromatic rings. The van der Waals surface area contributed by atoms with Crippen molar-refractivity contribution < 1.29 is 13.0 Å². The highest BCUT2D eigenvalue weighted by Gasteiger charge is 2.06. The molecule has 0 saturated carbocycles. The van der Waals surface area contributed by atoms with E-state index >= 15 is 0 Å². The number of aromatic nitrogens is 1. The van der Waals surface area contributed by atoms with Gasteiger partial charge in [-0.05, 0) is 12.1 Å². The lowest BCUT2D eigenvalue weighted by Crippen LogP contribution is -1.99. The van der Waals surface area contributed by atoms with Gasteiger partial charge in [0.05, 0.1) is 5.69 Å². The minimum absolute atomic E-state index is 0.218. The van der Waals surface area contributed by atoms with Crippen LogP contribution >= 0.6 is 0 Å². The van der Waals surface area contributed by atoms with Gasteiger partial charge in [-0.15, -0.1) is 0 Å². The van der Waals surface area contributed by atoms with Crippen LogP contribution in [0.15, 0.2) is 24.4 Å². The van der Waals surface area contributed by atoms with E-state index in [-0.39, 0.29) is 5.69 Å². The maximum atomic E-state index is 10.3. The van der Waals surface area contributed by atoms with Gasteiger partial charge < -0.3 is 0 Å². The van der Waals surface area contributed by atoms with Gasteiger partial charge in [-0.2, -0.15) is 8.42 Å². The SMILES string of the molecule is O=S(=O)(O)[CH]c1ccccn1. The van der Waals surface area contributed by atoms with Crippen LogP contribution in [0.5, 0.6) is 0 Å². The van der Waals surface area contributed by atoms with E-state index in [1.54, 1.807) is 12.1 Å². The van der Waals surface area contributed by atoms with Crippen molar-refractivity contribution in [2.24, 2.45) is 0 Å². The van der Waals surface area contributed by atoms with Gasteiger partial charge in [-0.3, -0.25) is 9.54 Å². The van der Waals surface area contributed by atoms with Crippen LogP contribution in [-0.4, -0.2) is 18.0 Å². The molecule has 1 aromatic heterocycles. The summed E-state index contributed by atoms with van der Waals surface area (Å²) in [5.74, 6) is 0.687. The summed E-state index contributed by atoms with van der Waals surface area (Å²) in [6.07, 6.45) is 1.44. The lowest BCUT2D eigenvalue weighted by Gasteiger charge is -1.93. The zero-order valence-electron chi connectivity index (χ0n) is 5.51. The normalized spacial score (nSPS) is 11.4. The van der Waals surface area contributed by atoms with Crippen molar-refractivity contribution in [1.82, 2.24) is 4.98 Å². The van der Waals surface area contributed by atoms with E-state index in [2.05, 4.69) is 4.98 Å². The second-order valence-electron chi connectivity index (χ2n) is 1.89. The predicted molar refractivity (Wildman–Crippen MR) is 39.2 cm³/mol. The van der Waals surface area contributed by atoms with Crippen molar-refractivity contribution in [2.45, 2.75) is 0 Å². The van der Waals surface area contributed by atoms with Gasteiger partial charge in [0.15, 0.2) is 5.75 Å². The topological polar surface area (TPSA) is 67.3 Å². The van der Waals surface area contributed by atoms with Crippen LogP contribution in [0.25, 0.3) is 0 Å². The molecule has 0 atom stereocenters. The molecule has 1 radical (unpaired) electrons. The van der Waals surface area contributed by atoms with E-state index in [4.69, 9.17) is 4.55 Å². The molecule has 0 spiro atoms. The Labute approximate surface area is 64.6 Å². The molecular weight excluding hydrogens is 166 g/mol. The van der Waals surface area contributed by atoms with Crippen LogP contribution in [0.4, 0.5) is 0 Å². The molecule has 5 heteroatoms. The lowest BCUT2D eigenvalue weighted by atomic mass is 10.4. The average Bonchev–Trinajstić information content (AvgIpc) is 1.85. The largest absolute Gasteiger partial charge is 0.285 e. The quantitative estimate of drug-likeness (QED) is 0.659. The number of rotatable bonds is 2. The Morgan fingerprint density at radius 2 is 2.18 bits per heavy atom. The van der Waals surface area contributed by atoms with Crippen LogP contribution in [0, 0.1) is 5.75 Å². The predicted octanol–water partition coefficient (Wildman–Crippen LogP) is 0.479. The second kappa shape index (κ2) is 2.98. The highest BCUT2D eigenvalue weighted by atomic mass is 32.2. The van der Waals surface area contributed by atoms with Crippen LogP contribution in [0.1, 0.15) is 5.69 Å². The summed E-state index contributed by atoms with van der Waals surface area (Å²) in [7, 11) is -4.06. The van der Waals surface area contributed by atoms with Gasteiger partial charge in [0, 0.05) is 6.20 Å². The molecule has 1 heterocycles. The molecule has 0 fully saturated rings. The van der Waals surface area contributed by atoms with E-state index in [0.29, 0.717) is 5.75 Å². The van der Waals surface area contributed by atoms with Crippen molar-refractivity contribution in [2.75, 3.05) is 0 Å². The zero-order chi connectivity index (χ0) is 8.32. The molecule has 1 N–H and O–H groups in total. The fraction of sp³-hybridized carbons (Fsp3) is 0. The van der Waals surface area contributed by atoms with Crippen molar-refractivity contribution in [3.8, 4) is 0 Å². The van der Waals surface area contributed by atoms with Gasteiger partial charge in [0.25, 0.3) is 10.1 Å². The Kier molecular flexibility index (Phi) is 2.21. The maximum Gasteiger partial charge on any atom is 0.275 e. The van der Waals surface area contributed by atoms with Gasteiger partial charge in [-0.25, -0.2) is 0 Å².